The van der Waals surface area contributed by atoms with Gasteiger partial charge in [0, 0.05) is 0 Å². The third kappa shape index (κ3) is 2.83. The number of carbonyl (C=O) groups is 2. The molecular formula is C11H13N5O2. The summed E-state index contributed by atoms with van der Waals surface area (Å²) in [6, 6.07) is 9.13. The molecule has 0 atom stereocenters. The van der Waals surface area contributed by atoms with Gasteiger partial charge < -0.3 is 4.90 Å². The SMILES string of the molecule is NNC(=Nc1ccccc1)N1CC(=O)NC(=O)C1. The lowest BCUT2D eigenvalue weighted by molar-refractivity contribution is -0.134. The third-order valence-electron chi connectivity index (χ3n) is 2.37. The van der Waals surface area contributed by atoms with Crippen molar-refractivity contribution in [2.24, 2.45) is 10.8 Å². The fourth-order valence-electron chi connectivity index (χ4n) is 1.61. The number of nitrogens with zero attached hydrogens (tertiary/aromatic N) is 2. The smallest absolute Gasteiger partial charge is 0.246 e. The average molecular weight is 247 g/mol. The number of aliphatic imine (C=N–C) groups is 1. The van der Waals surface area contributed by atoms with Gasteiger partial charge in [-0.3, -0.25) is 20.3 Å². The molecule has 1 fully saturated rings. The molecular weight excluding hydrogens is 234 g/mol. The van der Waals surface area contributed by atoms with Gasteiger partial charge in [0.1, 0.15) is 13.1 Å². The van der Waals surface area contributed by atoms with E-state index in [4.69, 9.17) is 5.84 Å². The van der Waals surface area contributed by atoms with E-state index in [1.165, 1.54) is 4.90 Å². The van der Waals surface area contributed by atoms with E-state index in [2.05, 4.69) is 15.7 Å². The molecule has 4 N–H and O–H groups in total. The van der Waals surface area contributed by atoms with Crippen LogP contribution in [0.3, 0.4) is 0 Å². The Hall–Kier alpha value is -2.41. The Bertz CT molecular complexity index is 469. The maximum atomic E-state index is 11.3. The van der Waals surface area contributed by atoms with E-state index in [-0.39, 0.29) is 30.9 Å². The zero-order chi connectivity index (χ0) is 13.0. The van der Waals surface area contributed by atoms with E-state index in [0.717, 1.165) is 0 Å². The molecule has 0 bridgehead atoms. The van der Waals surface area contributed by atoms with Crippen LogP contribution in [-0.2, 0) is 9.59 Å². The molecule has 1 aliphatic rings. The lowest BCUT2D eigenvalue weighted by Gasteiger charge is -2.27. The highest BCUT2D eigenvalue weighted by Crippen LogP contribution is 2.10. The number of rotatable bonds is 1. The van der Waals surface area contributed by atoms with Crippen LogP contribution < -0.4 is 16.6 Å². The van der Waals surface area contributed by atoms with Crippen LogP contribution in [0.5, 0.6) is 0 Å². The van der Waals surface area contributed by atoms with Gasteiger partial charge in [0.25, 0.3) is 0 Å². The maximum Gasteiger partial charge on any atom is 0.246 e. The van der Waals surface area contributed by atoms with Gasteiger partial charge in [0.15, 0.2) is 0 Å². The number of guanidine groups is 1. The van der Waals surface area contributed by atoms with Gasteiger partial charge in [-0.15, -0.1) is 0 Å². The minimum atomic E-state index is -0.373. The predicted molar refractivity (Wildman–Crippen MR) is 65.6 cm³/mol. The number of carbonyl (C=O) groups excluding carboxylic acids is 2. The van der Waals surface area contributed by atoms with Crippen LogP contribution in [0.25, 0.3) is 0 Å². The Balaban J connectivity index is 2.20. The number of nitrogens with two attached hydrogens (primary N) is 1. The van der Waals surface area contributed by atoms with Crippen molar-refractivity contribution in [3.05, 3.63) is 30.3 Å². The Kier molecular flexibility index (Phi) is 3.54. The Morgan fingerprint density at radius 3 is 2.39 bits per heavy atom. The molecule has 18 heavy (non-hydrogen) atoms. The van der Waals surface area contributed by atoms with Crippen LogP contribution >= 0.6 is 0 Å². The molecule has 1 aromatic rings. The standard InChI is InChI=1S/C11H13N5O2/c12-15-11(13-8-4-2-1-3-5-8)16-6-9(17)14-10(18)7-16/h1-5H,6-7,12H2,(H,13,15)(H,14,17,18). The number of piperazine rings is 1. The predicted octanol–water partition coefficient (Wildman–Crippen LogP) is -0.904. The summed E-state index contributed by atoms with van der Waals surface area (Å²) in [5, 5.41) is 2.21. The third-order valence-corrected chi connectivity index (χ3v) is 2.37. The molecule has 0 aliphatic carbocycles. The highest BCUT2D eigenvalue weighted by atomic mass is 16.2. The molecule has 0 saturated carbocycles. The Morgan fingerprint density at radius 2 is 1.83 bits per heavy atom. The van der Waals surface area contributed by atoms with Gasteiger partial charge >= 0.3 is 0 Å². The number of amides is 2. The summed E-state index contributed by atoms with van der Waals surface area (Å²) in [5.74, 6) is 4.91. The maximum absolute atomic E-state index is 11.3. The van der Waals surface area contributed by atoms with Gasteiger partial charge in [0.2, 0.25) is 17.8 Å². The van der Waals surface area contributed by atoms with Crippen molar-refractivity contribution in [2.45, 2.75) is 0 Å². The summed E-state index contributed by atoms with van der Waals surface area (Å²) >= 11 is 0. The van der Waals surface area contributed by atoms with Crippen molar-refractivity contribution >= 4 is 23.5 Å². The van der Waals surface area contributed by atoms with Gasteiger partial charge in [-0.25, -0.2) is 10.8 Å². The second kappa shape index (κ2) is 5.28. The molecule has 94 valence electrons. The van der Waals surface area contributed by atoms with E-state index in [0.29, 0.717) is 5.69 Å². The van der Waals surface area contributed by atoms with Crippen LogP contribution in [0.15, 0.2) is 35.3 Å². The van der Waals surface area contributed by atoms with Crippen molar-refractivity contribution in [2.75, 3.05) is 13.1 Å². The van der Waals surface area contributed by atoms with E-state index in [9.17, 15) is 9.59 Å². The molecule has 1 aliphatic heterocycles. The average Bonchev–Trinajstić information content (AvgIpc) is 2.36. The second-order valence-corrected chi connectivity index (χ2v) is 3.74. The highest BCUT2D eigenvalue weighted by Gasteiger charge is 2.24. The van der Waals surface area contributed by atoms with E-state index >= 15 is 0 Å². The van der Waals surface area contributed by atoms with Crippen molar-refractivity contribution in [1.29, 1.82) is 0 Å². The summed E-state index contributed by atoms with van der Waals surface area (Å²) < 4.78 is 0. The van der Waals surface area contributed by atoms with Gasteiger partial charge in [-0.1, -0.05) is 18.2 Å². The van der Waals surface area contributed by atoms with Crippen LogP contribution in [0, 0.1) is 0 Å². The van der Waals surface area contributed by atoms with Crippen LogP contribution in [0.2, 0.25) is 0 Å². The minimum absolute atomic E-state index is 0.0433. The number of hydrogen-bond donors (Lipinski definition) is 3. The first-order chi connectivity index (χ1) is 8.69. The molecule has 7 nitrogen and oxygen atoms in total. The molecule has 0 spiro atoms. The number of hydrogen-bond acceptors (Lipinski definition) is 4. The first kappa shape index (κ1) is 12.1. The molecule has 1 saturated heterocycles. The van der Waals surface area contributed by atoms with E-state index in [1.807, 2.05) is 18.2 Å². The Labute approximate surface area is 104 Å². The summed E-state index contributed by atoms with van der Waals surface area (Å²) in [6.45, 7) is 0.0865. The molecule has 2 amide bonds. The number of imide groups is 1. The first-order valence-corrected chi connectivity index (χ1v) is 5.37. The topological polar surface area (TPSA) is 99.8 Å². The molecule has 1 aromatic carbocycles. The summed E-state index contributed by atoms with van der Waals surface area (Å²) in [5.41, 5.74) is 3.09. The fraction of sp³-hybridized carbons (Fsp3) is 0.182. The normalized spacial score (nSPS) is 16.5. The summed E-state index contributed by atoms with van der Waals surface area (Å²) in [6.07, 6.45) is 0. The number of para-hydroxylation sites is 1. The van der Waals surface area contributed by atoms with Crippen molar-refractivity contribution in [1.82, 2.24) is 15.6 Å². The second-order valence-electron chi connectivity index (χ2n) is 3.74. The molecule has 0 unspecified atom stereocenters. The zero-order valence-corrected chi connectivity index (χ0v) is 9.59. The number of benzene rings is 1. The van der Waals surface area contributed by atoms with Gasteiger partial charge in [-0.2, -0.15) is 0 Å². The van der Waals surface area contributed by atoms with Crippen LogP contribution in [-0.4, -0.2) is 35.8 Å². The van der Waals surface area contributed by atoms with E-state index < -0.39 is 0 Å². The fourth-order valence-corrected chi connectivity index (χ4v) is 1.61. The molecule has 7 heteroatoms. The molecule has 0 aromatic heterocycles. The summed E-state index contributed by atoms with van der Waals surface area (Å²) in [7, 11) is 0. The first-order valence-electron chi connectivity index (χ1n) is 5.37. The lowest BCUT2D eigenvalue weighted by atomic mass is 10.3. The van der Waals surface area contributed by atoms with Crippen LogP contribution in [0.4, 0.5) is 5.69 Å². The number of hydrazine groups is 1. The van der Waals surface area contributed by atoms with Crippen molar-refractivity contribution in [3.8, 4) is 0 Å². The van der Waals surface area contributed by atoms with Crippen molar-refractivity contribution < 1.29 is 9.59 Å². The lowest BCUT2D eigenvalue weighted by Crippen LogP contribution is -2.57. The zero-order valence-electron chi connectivity index (χ0n) is 9.59. The monoisotopic (exact) mass is 247 g/mol. The van der Waals surface area contributed by atoms with Gasteiger partial charge in [-0.05, 0) is 12.1 Å². The minimum Gasteiger partial charge on any atom is -0.323 e. The molecule has 0 radical (unpaired) electrons. The quantitative estimate of drug-likeness (QED) is 0.196. The Morgan fingerprint density at radius 1 is 1.22 bits per heavy atom. The summed E-state index contributed by atoms with van der Waals surface area (Å²) in [4.78, 5) is 28.2. The van der Waals surface area contributed by atoms with E-state index in [1.54, 1.807) is 12.1 Å². The molecule has 2 rings (SSSR count). The number of nitrogens with one attached hydrogen (secondary N) is 2. The molecule has 1 heterocycles. The highest BCUT2D eigenvalue weighted by molar-refractivity contribution is 6.03. The van der Waals surface area contributed by atoms with Crippen molar-refractivity contribution in [3.63, 3.8) is 0 Å². The van der Waals surface area contributed by atoms with Gasteiger partial charge in [0.05, 0.1) is 5.69 Å². The largest absolute Gasteiger partial charge is 0.323 e. The van der Waals surface area contributed by atoms with Crippen LogP contribution in [0.1, 0.15) is 0 Å².